The van der Waals surface area contributed by atoms with Gasteiger partial charge >= 0.3 is 12.0 Å². The van der Waals surface area contributed by atoms with Crippen LogP contribution < -0.4 is 25.3 Å². The number of nitrogens with one attached hydrogen (secondary N) is 1. The summed E-state index contributed by atoms with van der Waals surface area (Å²) in [5.74, 6) is -0.997. The number of fused-ring (bicyclic) bond motifs is 1. The van der Waals surface area contributed by atoms with Gasteiger partial charge in [0.15, 0.2) is 0 Å². The number of carbonyl (C=O) groups is 2. The Kier molecular flexibility index (Phi) is 7.63. The van der Waals surface area contributed by atoms with Gasteiger partial charge in [0.2, 0.25) is 5.88 Å². The number of primary amides is 1. The molecule has 0 atom stereocenters. The van der Waals surface area contributed by atoms with Crippen molar-refractivity contribution in [3.05, 3.63) is 59.9 Å². The predicted molar refractivity (Wildman–Crippen MR) is 149 cm³/mol. The molecule has 4 aromatic rings. The van der Waals surface area contributed by atoms with Crippen LogP contribution in [-0.4, -0.2) is 52.3 Å². The summed E-state index contributed by atoms with van der Waals surface area (Å²) >= 11 is 0. The molecule has 1 saturated carbocycles. The van der Waals surface area contributed by atoms with Crippen molar-refractivity contribution in [2.24, 2.45) is 5.73 Å². The number of rotatable bonds is 9. The first-order valence-electron chi connectivity index (χ1n) is 12.9. The monoisotopic (exact) mass is 543 g/mol. The second-order valence-electron chi connectivity index (χ2n) is 9.48. The number of methoxy groups -OCH3 is 2. The van der Waals surface area contributed by atoms with Gasteiger partial charge in [0.1, 0.15) is 5.75 Å². The Labute approximate surface area is 230 Å². The van der Waals surface area contributed by atoms with Gasteiger partial charge in [-0.1, -0.05) is 18.6 Å². The van der Waals surface area contributed by atoms with Crippen LogP contribution >= 0.6 is 0 Å². The third kappa shape index (κ3) is 5.58. The minimum Gasteiger partial charge on any atom is -0.490 e. The number of carboxylic acid groups (broad SMARTS) is 1. The minimum atomic E-state index is -1.09. The van der Waals surface area contributed by atoms with Gasteiger partial charge in [-0.2, -0.15) is 4.98 Å². The topological polar surface area (TPSA) is 159 Å². The van der Waals surface area contributed by atoms with Crippen molar-refractivity contribution < 1.29 is 28.9 Å². The number of aromatic carboxylic acids is 1. The van der Waals surface area contributed by atoms with Crippen molar-refractivity contribution in [3.8, 4) is 28.8 Å². The lowest BCUT2D eigenvalue weighted by Crippen LogP contribution is -2.20. The lowest BCUT2D eigenvalue weighted by Gasteiger charge is -2.23. The number of carbonyl (C=O) groups excluding carboxylic acids is 1. The molecule has 2 aromatic heterocycles. The largest absolute Gasteiger partial charge is 0.490 e. The molecule has 2 aromatic carbocycles. The molecule has 0 radical (unpaired) electrons. The molecular weight excluding hydrogens is 514 g/mol. The Morgan fingerprint density at radius 2 is 1.80 bits per heavy atom. The number of aromatic nitrogens is 3. The van der Waals surface area contributed by atoms with Gasteiger partial charge in [0.25, 0.3) is 5.91 Å². The Morgan fingerprint density at radius 3 is 2.50 bits per heavy atom. The minimum absolute atomic E-state index is 0.0333. The first-order valence-corrected chi connectivity index (χ1v) is 12.9. The zero-order valence-electron chi connectivity index (χ0n) is 22.1. The van der Waals surface area contributed by atoms with Crippen LogP contribution in [0.25, 0.3) is 22.0 Å². The summed E-state index contributed by atoms with van der Waals surface area (Å²) in [6.45, 7) is 0. The van der Waals surface area contributed by atoms with Crippen molar-refractivity contribution >= 4 is 34.2 Å². The molecule has 4 N–H and O–H groups in total. The first kappa shape index (κ1) is 26.7. The van der Waals surface area contributed by atoms with Gasteiger partial charge in [-0.15, -0.1) is 0 Å². The molecule has 40 heavy (non-hydrogen) atoms. The van der Waals surface area contributed by atoms with E-state index in [1.165, 1.54) is 39.0 Å². The van der Waals surface area contributed by atoms with Crippen molar-refractivity contribution in [1.29, 1.82) is 0 Å². The molecule has 11 heteroatoms. The van der Waals surface area contributed by atoms with Gasteiger partial charge in [-0.05, 0) is 49.4 Å². The zero-order chi connectivity index (χ0) is 28.2. The van der Waals surface area contributed by atoms with E-state index in [1.54, 1.807) is 18.3 Å². The van der Waals surface area contributed by atoms with E-state index in [0.717, 1.165) is 31.2 Å². The fraction of sp³-hybridized carbons (Fsp3) is 0.276. The van der Waals surface area contributed by atoms with Gasteiger partial charge < -0.3 is 30.4 Å². The molecule has 11 nitrogen and oxygen atoms in total. The van der Waals surface area contributed by atoms with E-state index in [9.17, 15) is 14.7 Å². The van der Waals surface area contributed by atoms with Crippen LogP contribution in [0.2, 0.25) is 0 Å². The third-order valence-electron chi connectivity index (χ3n) is 6.83. The quantitative estimate of drug-likeness (QED) is 0.263. The molecule has 0 spiro atoms. The van der Waals surface area contributed by atoms with E-state index in [0.29, 0.717) is 39.5 Å². The molecule has 1 amide bonds. The van der Waals surface area contributed by atoms with E-state index in [-0.39, 0.29) is 23.2 Å². The van der Waals surface area contributed by atoms with E-state index < -0.39 is 11.9 Å². The number of hydrogen-bond acceptors (Lipinski definition) is 9. The molecule has 0 unspecified atom stereocenters. The Bertz CT molecular complexity index is 1590. The normalized spacial score (nSPS) is 13.6. The second kappa shape index (κ2) is 11.4. The second-order valence-corrected chi connectivity index (χ2v) is 9.48. The number of carboxylic acids is 1. The highest BCUT2D eigenvalue weighted by atomic mass is 16.5. The van der Waals surface area contributed by atoms with Crippen molar-refractivity contribution in [2.45, 2.75) is 38.2 Å². The van der Waals surface area contributed by atoms with Crippen LogP contribution in [0.5, 0.6) is 17.6 Å². The van der Waals surface area contributed by atoms with Crippen LogP contribution in [0.1, 0.15) is 52.8 Å². The maximum atomic E-state index is 12.4. The maximum absolute atomic E-state index is 12.4. The Balaban J connectivity index is 1.56. The Hall–Kier alpha value is -4.93. The van der Waals surface area contributed by atoms with Crippen molar-refractivity contribution in [3.63, 3.8) is 0 Å². The average Bonchev–Trinajstić information content (AvgIpc) is 2.96. The molecule has 1 aliphatic rings. The van der Waals surface area contributed by atoms with Crippen molar-refractivity contribution in [2.75, 3.05) is 19.5 Å². The number of hydrogen-bond donors (Lipinski definition) is 3. The van der Waals surface area contributed by atoms with Crippen LogP contribution in [0.3, 0.4) is 0 Å². The number of pyridine rings is 1. The summed E-state index contributed by atoms with van der Waals surface area (Å²) in [7, 11) is 2.97. The number of ether oxygens (including phenoxy) is 3. The lowest BCUT2D eigenvalue weighted by molar-refractivity contribution is 0.0695. The molecule has 1 aliphatic carbocycles. The molecule has 206 valence electrons. The molecule has 5 rings (SSSR count). The summed E-state index contributed by atoms with van der Waals surface area (Å²) in [4.78, 5) is 37.2. The number of nitrogens with zero attached hydrogens (tertiary/aromatic N) is 3. The van der Waals surface area contributed by atoms with E-state index in [2.05, 4.69) is 20.3 Å². The number of anilines is 2. The smallest absolute Gasteiger partial charge is 0.335 e. The summed E-state index contributed by atoms with van der Waals surface area (Å²) in [5.41, 5.74) is 8.65. The highest BCUT2D eigenvalue weighted by Crippen LogP contribution is 2.36. The van der Waals surface area contributed by atoms with Gasteiger partial charge in [0, 0.05) is 29.5 Å². The summed E-state index contributed by atoms with van der Waals surface area (Å²) in [6, 6.07) is 10.3. The molecule has 2 heterocycles. The van der Waals surface area contributed by atoms with E-state index in [4.69, 9.17) is 19.9 Å². The molecule has 0 bridgehead atoms. The van der Waals surface area contributed by atoms with Crippen LogP contribution in [0, 0.1) is 0 Å². The Morgan fingerprint density at radius 1 is 1.00 bits per heavy atom. The van der Waals surface area contributed by atoms with Crippen LogP contribution in [-0.2, 0) is 0 Å². The molecule has 0 aliphatic heterocycles. The fourth-order valence-corrected chi connectivity index (χ4v) is 4.87. The highest BCUT2D eigenvalue weighted by Gasteiger charge is 2.19. The summed E-state index contributed by atoms with van der Waals surface area (Å²) in [5, 5.41) is 13.6. The summed E-state index contributed by atoms with van der Waals surface area (Å²) in [6.07, 6.45) is 8.19. The first-order chi connectivity index (χ1) is 19.4. The lowest BCUT2D eigenvalue weighted by atomic mass is 9.98. The van der Waals surface area contributed by atoms with Gasteiger partial charge in [-0.25, -0.2) is 9.78 Å². The molecule has 0 saturated heterocycles. The fourth-order valence-electron chi connectivity index (χ4n) is 4.87. The van der Waals surface area contributed by atoms with Gasteiger partial charge in [-0.3, -0.25) is 9.78 Å². The molecule has 1 fully saturated rings. The third-order valence-corrected chi connectivity index (χ3v) is 6.83. The van der Waals surface area contributed by atoms with E-state index in [1.807, 2.05) is 12.1 Å². The number of benzene rings is 2. The number of amides is 1. The standard InChI is InChI=1S/C29H29N5O6/c1-38-27-22(14-32-29(34-27)39-2)16-8-9-21-24(12-16)31-15-23(26(30)35)25(21)33-18-10-17(28(36)37)11-20(13-18)40-19-6-4-3-5-7-19/h8-15,19H,3-7H2,1-2H3,(H2,30,35)(H,31,33)(H,36,37). The van der Waals surface area contributed by atoms with Gasteiger partial charge in [0.05, 0.1) is 48.2 Å². The zero-order valence-corrected chi connectivity index (χ0v) is 22.1. The van der Waals surface area contributed by atoms with Crippen LogP contribution in [0.15, 0.2) is 48.8 Å². The summed E-state index contributed by atoms with van der Waals surface area (Å²) < 4.78 is 16.7. The predicted octanol–water partition coefficient (Wildman–Crippen LogP) is 4.96. The number of nitrogens with two attached hydrogens (primary N) is 1. The SMILES string of the molecule is COc1ncc(-c2ccc3c(Nc4cc(OC5CCCCC5)cc(C(=O)O)c4)c(C(N)=O)cnc3c2)c(OC)n1. The van der Waals surface area contributed by atoms with Crippen molar-refractivity contribution in [1.82, 2.24) is 15.0 Å². The van der Waals surface area contributed by atoms with Crippen LogP contribution in [0.4, 0.5) is 11.4 Å². The van der Waals surface area contributed by atoms with E-state index >= 15 is 0 Å². The molecular formula is C29H29N5O6. The maximum Gasteiger partial charge on any atom is 0.335 e. The highest BCUT2D eigenvalue weighted by molar-refractivity contribution is 6.08. The average molecular weight is 544 g/mol.